The molecule has 0 aliphatic heterocycles. The Balaban J connectivity index is 2.56. The Kier molecular flexibility index (Phi) is 4.80. The van der Waals surface area contributed by atoms with Crippen LogP contribution in [0.2, 0.25) is 0 Å². The quantitative estimate of drug-likeness (QED) is 0.764. The Labute approximate surface area is 97.4 Å². The number of ether oxygens (including phenoxy) is 2. The van der Waals surface area contributed by atoms with E-state index in [4.69, 9.17) is 10.2 Å². The smallest absolute Gasteiger partial charge is 0.450 e. The number of hydrogen-bond acceptors (Lipinski definition) is 4. The van der Waals surface area contributed by atoms with E-state index in [1.807, 2.05) is 6.07 Å². The fraction of sp³-hybridized carbons (Fsp3) is 0.273. The van der Waals surface area contributed by atoms with Gasteiger partial charge in [0.15, 0.2) is 0 Å². The zero-order valence-electron chi connectivity index (χ0n) is 8.91. The van der Waals surface area contributed by atoms with E-state index in [1.165, 1.54) is 0 Å². The van der Waals surface area contributed by atoms with Crippen molar-refractivity contribution >= 4 is 12.3 Å². The highest BCUT2D eigenvalue weighted by Gasteiger charge is 2.16. The zero-order chi connectivity index (χ0) is 12.7. The van der Waals surface area contributed by atoms with Crippen molar-refractivity contribution in [3.05, 3.63) is 35.9 Å². The molecule has 0 spiro atoms. The van der Waals surface area contributed by atoms with Gasteiger partial charge in [0.05, 0.1) is 0 Å². The highest BCUT2D eigenvalue weighted by molar-refractivity contribution is 5.58. The van der Waals surface area contributed by atoms with Gasteiger partial charge >= 0.3 is 12.3 Å². The van der Waals surface area contributed by atoms with Crippen LogP contribution in [0, 0.1) is 0 Å². The monoisotopic (exact) mass is 240 g/mol. The Morgan fingerprint density at radius 1 is 1.12 bits per heavy atom. The Morgan fingerprint density at radius 2 is 1.76 bits per heavy atom. The highest BCUT2D eigenvalue weighted by Crippen LogP contribution is 2.07. The predicted molar refractivity (Wildman–Crippen MR) is 57.0 cm³/mol. The second kappa shape index (κ2) is 6.37. The minimum atomic E-state index is -1.46. The van der Waals surface area contributed by atoms with Crippen LogP contribution < -0.4 is 0 Å². The molecule has 6 nitrogen and oxygen atoms in total. The third-order valence-corrected chi connectivity index (χ3v) is 1.97. The van der Waals surface area contributed by atoms with Crippen molar-refractivity contribution < 1.29 is 29.3 Å². The maximum atomic E-state index is 10.4. The van der Waals surface area contributed by atoms with Gasteiger partial charge in [0.25, 0.3) is 0 Å². The summed E-state index contributed by atoms with van der Waals surface area (Å²) in [6.07, 6.45) is -3.50. The molecule has 0 radical (unpaired) electrons. The minimum Gasteiger partial charge on any atom is -0.450 e. The maximum absolute atomic E-state index is 10.4. The second-order valence-electron chi connectivity index (χ2n) is 3.27. The molecule has 0 saturated heterocycles. The largest absolute Gasteiger partial charge is 0.506 e. The summed E-state index contributed by atoms with van der Waals surface area (Å²) in [6, 6.07) is 9.00. The van der Waals surface area contributed by atoms with Crippen LogP contribution in [0.25, 0.3) is 0 Å². The van der Waals surface area contributed by atoms with Crippen LogP contribution in [0.4, 0.5) is 9.59 Å². The second-order valence-corrected chi connectivity index (χ2v) is 3.27. The molecule has 0 amide bonds. The van der Waals surface area contributed by atoms with Crippen molar-refractivity contribution in [3.8, 4) is 0 Å². The number of hydrogen-bond donors (Lipinski definition) is 2. The number of carboxylic acid groups (broad SMARTS) is 2. The van der Waals surface area contributed by atoms with Crippen LogP contribution >= 0.6 is 0 Å². The summed E-state index contributed by atoms with van der Waals surface area (Å²) in [4.78, 5) is 20.6. The Hall–Kier alpha value is -2.24. The first-order valence-electron chi connectivity index (χ1n) is 4.87. The normalized spacial score (nSPS) is 11.5. The maximum Gasteiger partial charge on any atom is 0.506 e. The van der Waals surface area contributed by atoms with Gasteiger partial charge in [-0.1, -0.05) is 30.3 Å². The first-order valence-corrected chi connectivity index (χ1v) is 4.87. The molecule has 0 heterocycles. The Bertz CT molecular complexity index is 375. The van der Waals surface area contributed by atoms with Gasteiger partial charge in [-0.2, -0.15) is 0 Å². The van der Waals surface area contributed by atoms with Gasteiger partial charge < -0.3 is 19.7 Å². The van der Waals surface area contributed by atoms with E-state index in [1.54, 1.807) is 24.3 Å². The molecule has 1 atom stereocenters. The van der Waals surface area contributed by atoms with Crippen LogP contribution in [0.15, 0.2) is 30.3 Å². The summed E-state index contributed by atoms with van der Waals surface area (Å²) >= 11 is 0. The van der Waals surface area contributed by atoms with E-state index >= 15 is 0 Å². The van der Waals surface area contributed by atoms with Gasteiger partial charge in [-0.25, -0.2) is 9.59 Å². The average Bonchev–Trinajstić information content (AvgIpc) is 2.26. The van der Waals surface area contributed by atoms with Gasteiger partial charge in [-0.05, 0) is 5.56 Å². The topological polar surface area (TPSA) is 93.1 Å². The van der Waals surface area contributed by atoms with Crippen molar-refractivity contribution in [3.63, 3.8) is 0 Å². The standard InChI is InChI=1S/C11H12O6/c12-10(13)16-7-9(17-11(14)15)6-8-4-2-1-3-5-8/h1-5,9H,6-7H2,(H,12,13)(H,14,15). The van der Waals surface area contributed by atoms with Crippen molar-refractivity contribution in [1.82, 2.24) is 0 Å². The highest BCUT2D eigenvalue weighted by atomic mass is 16.7. The molecule has 0 aromatic heterocycles. The van der Waals surface area contributed by atoms with Crippen molar-refractivity contribution in [1.29, 1.82) is 0 Å². The first-order chi connectivity index (χ1) is 8.08. The summed E-state index contributed by atoms with van der Waals surface area (Å²) in [7, 11) is 0. The third-order valence-electron chi connectivity index (χ3n) is 1.97. The molecular formula is C11H12O6. The molecule has 1 unspecified atom stereocenters. The molecule has 1 aromatic rings. The average molecular weight is 240 g/mol. The molecule has 0 bridgehead atoms. The van der Waals surface area contributed by atoms with E-state index in [0.717, 1.165) is 5.56 Å². The van der Waals surface area contributed by atoms with Gasteiger partial charge in [0, 0.05) is 6.42 Å². The fourth-order valence-corrected chi connectivity index (χ4v) is 1.32. The molecule has 92 valence electrons. The van der Waals surface area contributed by atoms with Gasteiger partial charge in [-0.15, -0.1) is 0 Å². The predicted octanol–water partition coefficient (Wildman–Crippen LogP) is 1.99. The summed E-state index contributed by atoms with van der Waals surface area (Å²) in [5, 5.41) is 16.8. The lowest BCUT2D eigenvalue weighted by molar-refractivity contribution is 0.00530. The van der Waals surface area contributed by atoms with Crippen LogP contribution in [0.5, 0.6) is 0 Å². The van der Waals surface area contributed by atoms with Gasteiger partial charge in [0.2, 0.25) is 0 Å². The Morgan fingerprint density at radius 3 is 2.29 bits per heavy atom. The van der Waals surface area contributed by atoms with Gasteiger partial charge in [0.1, 0.15) is 12.7 Å². The summed E-state index contributed by atoms with van der Waals surface area (Å²) < 4.78 is 8.84. The molecule has 1 aromatic carbocycles. The van der Waals surface area contributed by atoms with Crippen molar-refractivity contribution in [2.75, 3.05) is 6.61 Å². The lowest BCUT2D eigenvalue weighted by Crippen LogP contribution is -2.26. The van der Waals surface area contributed by atoms with Gasteiger partial charge in [-0.3, -0.25) is 0 Å². The molecule has 0 aliphatic rings. The lowest BCUT2D eigenvalue weighted by atomic mass is 10.1. The zero-order valence-corrected chi connectivity index (χ0v) is 8.91. The molecule has 0 aliphatic carbocycles. The lowest BCUT2D eigenvalue weighted by Gasteiger charge is -2.14. The number of carbonyl (C=O) groups is 2. The number of benzene rings is 1. The summed E-state index contributed by atoms with van der Waals surface area (Å²) in [5.41, 5.74) is 0.840. The van der Waals surface area contributed by atoms with Crippen LogP contribution in [0.1, 0.15) is 5.56 Å². The first kappa shape index (κ1) is 12.8. The number of rotatable bonds is 5. The molecule has 17 heavy (non-hydrogen) atoms. The fourth-order valence-electron chi connectivity index (χ4n) is 1.32. The van der Waals surface area contributed by atoms with Crippen LogP contribution in [-0.2, 0) is 15.9 Å². The SMILES string of the molecule is O=C(O)OCC(Cc1ccccc1)OC(=O)O. The molecule has 6 heteroatoms. The summed E-state index contributed by atoms with van der Waals surface area (Å²) in [6.45, 7) is -0.323. The molecule has 1 rings (SSSR count). The summed E-state index contributed by atoms with van der Waals surface area (Å²) in [5.74, 6) is 0. The molecule has 0 fully saturated rings. The van der Waals surface area contributed by atoms with Crippen LogP contribution in [0.3, 0.4) is 0 Å². The minimum absolute atomic E-state index is 0.264. The molecule has 2 N–H and O–H groups in total. The molecule has 0 saturated carbocycles. The molecular weight excluding hydrogens is 228 g/mol. The van der Waals surface area contributed by atoms with E-state index < -0.39 is 18.4 Å². The van der Waals surface area contributed by atoms with Crippen LogP contribution in [-0.4, -0.2) is 35.2 Å². The van der Waals surface area contributed by atoms with E-state index in [2.05, 4.69) is 9.47 Å². The van der Waals surface area contributed by atoms with E-state index in [0.29, 0.717) is 0 Å². The van der Waals surface area contributed by atoms with Crippen molar-refractivity contribution in [2.45, 2.75) is 12.5 Å². The van der Waals surface area contributed by atoms with Crippen molar-refractivity contribution in [2.24, 2.45) is 0 Å². The third kappa shape index (κ3) is 5.41. The van der Waals surface area contributed by atoms with E-state index in [9.17, 15) is 9.59 Å². The van der Waals surface area contributed by atoms with E-state index in [-0.39, 0.29) is 13.0 Å².